The normalized spacial score (nSPS) is 10.6. The smallest absolute Gasteiger partial charge is 0.175 e. The highest BCUT2D eigenvalue weighted by Crippen LogP contribution is 2.30. The minimum Gasteiger partial charge on any atom is -0.491 e. The van der Waals surface area contributed by atoms with Crippen LogP contribution in [-0.4, -0.2) is 6.61 Å². The number of halogens is 3. The van der Waals surface area contributed by atoms with E-state index < -0.39 is 17.5 Å². The van der Waals surface area contributed by atoms with Crippen molar-refractivity contribution in [2.45, 2.75) is 19.8 Å². The van der Waals surface area contributed by atoms with Crippen LogP contribution < -0.4 is 4.74 Å². The molecule has 4 rings (SSSR count). The number of benzene rings is 4. The maximum Gasteiger partial charge on any atom is 0.175 e. The maximum atomic E-state index is 14.8. The summed E-state index contributed by atoms with van der Waals surface area (Å²) < 4.78 is 49.2. The molecule has 0 N–H and O–H groups in total. The molecule has 0 saturated carbocycles. The molecule has 4 aromatic carbocycles. The summed E-state index contributed by atoms with van der Waals surface area (Å²) in [6, 6.07) is 20.4. The topological polar surface area (TPSA) is 9.23 Å². The molecule has 0 saturated heterocycles. The molecule has 4 heteroatoms. The van der Waals surface area contributed by atoms with Gasteiger partial charge in [0, 0.05) is 11.1 Å². The molecule has 0 atom stereocenters. The van der Waals surface area contributed by atoms with E-state index in [1.165, 1.54) is 24.3 Å². The number of fused-ring (bicyclic) bond motifs is 1. The summed E-state index contributed by atoms with van der Waals surface area (Å²) in [7, 11) is 0. The Bertz CT molecular complexity index is 1330. The van der Waals surface area contributed by atoms with Crippen LogP contribution in [0.15, 0.2) is 72.8 Å². The third-order valence-electron chi connectivity index (χ3n) is 5.17. The predicted molar refractivity (Wildman–Crippen MR) is 122 cm³/mol. The minimum absolute atomic E-state index is 0.0298. The molecule has 0 heterocycles. The maximum absolute atomic E-state index is 14.8. The van der Waals surface area contributed by atoms with Crippen molar-refractivity contribution in [3.63, 3.8) is 0 Å². The van der Waals surface area contributed by atoms with Crippen molar-refractivity contribution >= 4 is 10.8 Å². The molecule has 0 fully saturated rings. The fraction of sp³-hybridized carbons (Fsp3) is 0.143. The van der Waals surface area contributed by atoms with Crippen LogP contribution in [0.4, 0.5) is 13.2 Å². The molecule has 160 valence electrons. The van der Waals surface area contributed by atoms with E-state index in [0.717, 1.165) is 29.7 Å². The molecule has 0 aromatic heterocycles. The van der Waals surface area contributed by atoms with E-state index in [0.29, 0.717) is 12.2 Å². The summed E-state index contributed by atoms with van der Waals surface area (Å²) in [4.78, 5) is 0. The fourth-order valence-electron chi connectivity index (χ4n) is 3.39. The largest absolute Gasteiger partial charge is 0.491 e. The molecule has 0 spiro atoms. The van der Waals surface area contributed by atoms with Gasteiger partial charge in [0.1, 0.15) is 0 Å². The zero-order valence-electron chi connectivity index (χ0n) is 17.6. The van der Waals surface area contributed by atoms with E-state index in [-0.39, 0.29) is 22.4 Å². The van der Waals surface area contributed by atoms with Crippen molar-refractivity contribution < 1.29 is 17.9 Å². The lowest BCUT2D eigenvalue weighted by atomic mass is 10.0. The van der Waals surface area contributed by atoms with Gasteiger partial charge in [0.05, 0.1) is 12.2 Å². The van der Waals surface area contributed by atoms with Gasteiger partial charge in [-0.25, -0.2) is 13.2 Å². The Kier molecular flexibility index (Phi) is 6.47. The first-order chi connectivity index (χ1) is 15.6. The summed E-state index contributed by atoms with van der Waals surface area (Å²) in [6.45, 7) is 2.41. The Morgan fingerprint density at radius 1 is 0.781 bits per heavy atom. The SMILES string of the molecule is CCCCOc1ccc(-c2ccc(C#Cc3ccc4ccccc4c3)c(F)c2F)cc1F. The average Bonchev–Trinajstić information content (AvgIpc) is 2.81. The van der Waals surface area contributed by atoms with Gasteiger partial charge < -0.3 is 4.74 Å². The lowest BCUT2D eigenvalue weighted by Crippen LogP contribution is -1.99. The van der Waals surface area contributed by atoms with Gasteiger partial charge in [0.15, 0.2) is 23.2 Å². The van der Waals surface area contributed by atoms with Gasteiger partial charge in [0.25, 0.3) is 0 Å². The monoisotopic (exact) mass is 430 g/mol. The third-order valence-corrected chi connectivity index (χ3v) is 5.17. The molecule has 1 nitrogen and oxygen atoms in total. The molecule has 0 unspecified atom stereocenters. The highest BCUT2D eigenvalue weighted by atomic mass is 19.2. The van der Waals surface area contributed by atoms with E-state index in [2.05, 4.69) is 11.8 Å². The first-order valence-corrected chi connectivity index (χ1v) is 10.5. The lowest BCUT2D eigenvalue weighted by molar-refractivity contribution is 0.294. The molecule has 0 radical (unpaired) electrons. The van der Waals surface area contributed by atoms with Gasteiger partial charge >= 0.3 is 0 Å². The number of hydrogen-bond donors (Lipinski definition) is 0. The minimum atomic E-state index is -1.06. The van der Waals surface area contributed by atoms with Crippen LogP contribution in [0.25, 0.3) is 21.9 Å². The van der Waals surface area contributed by atoms with E-state index >= 15 is 0 Å². The molecule has 0 bridgehead atoms. The van der Waals surface area contributed by atoms with Crippen LogP contribution in [0.1, 0.15) is 30.9 Å². The zero-order chi connectivity index (χ0) is 22.5. The second-order valence-corrected chi connectivity index (χ2v) is 7.45. The van der Waals surface area contributed by atoms with Crippen molar-refractivity contribution in [2.75, 3.05) is 6.61 Å². The summed E-state index contributed by atoms with van der Waals surface area (Å²) >= 11 is 0. The van der Waals surface area contributed by atoms with Crippen molar-refractivity contribution in [3.8, 4) is 28.7 Å². The quantitative estimate of drug-likeness (QED) is 0.235. The number of hydrogen-bond acceptors (Lipinski definition) is 1. The predicted octanol–water partition coefficient (Wildman–Crippen LogP) is 7.50. The Labute approximate surface area is 185 Å². The summed E-state index contributed by atoms with van der Waals surface area (Å²) in [5.41, 5.74) is 0.848. The van der Waals surface area contributed by atoms with Gasteiger partial charge in [-0.3, -0.25) is 0 Å². The van der Waals surface area contributed by atoms with E-state index in [1.54, 1.807) is 0 Å². The van der Waals surface area contributed by atoms with Crippen molar-refractivity contribution in [1.29, 1.82) is 0 Å². The van der Waals surface area contributed by atoms with Crippen molar-refractivity contribution in [3.05, 3.63) is 101 Å². The number of ether oxygens (including phenoxy) is 1. The molecule has 32 heavy (non-hydrogen) atoms. The Balaban J connectivity index is 1.60. The molecular formula is C28H21F3O. The van der Waals surface area contributed by atoms with Crippen LogP contribution in [0, 0.1) is 29.3 Å². The second-order valence-electron chi connectivity index (χ2n) is 7.45. The first-order valence-electron chi connectivity index (χ1n) is 10.5. The summed E-state index contributed by atoms with van der Waals surface area (Å²) in [5.74, 6) is 2.96. The van der Waals surface area contributed by atoms with E-state index in [4.69, 9.17) is 4.74 Å². The average molecular weight is 430 g/mol. The fourth-order valence-corrected chi connectivity index (χ4v) is 3.39. The summed E-state index contributed by atoms with van der Waals surface area (Å²) in [6.07, 6.45) is 1.74. The molecule has 0 amide bonds. The second kappa shape index (κ2) is 9.62. The van der Waals surface area contributed by atoms with Crippen LogP contribution in [-0.2, 0) is 0 Å². The van der Waals surface area contributed by atoms with Gasteiger partial charge in [-0.15, -0.1) is 0 Å². The third kappa shape index (κ3) is 4.63. The van der Waals surface area contributed by atoms with Gasteiger partial charge in [0.2, 0.25) is 0 Å². The van der Waals surface area contributed by atoms with Gasteiger partial charge in [-0.2, -0.15) is 0 Å². The number of rotatable bonds is 5. The van der Waals surface area contributed by atoms with Crippen molar-refractivity contribution in [2.24, 2.45) is 0 Å². The van der Waals surface area contributed by atoms with Crippen LogP contribution in [0.5, 0.6) is 5.75 Å². The first kappa shape index (κ1) is 21.5. The van der Waals surface area contributed by atoms with Crippen LogP contribution in [0.2, 0.25) is 0 Å². The standard InChI is InChI=1S/C28H21F3O/c1-2-3-16-32-26-15-13-23(18-25(26)29)24-14-12-21(27(30)28(24)31)11-9-19-8-10-20-6-4-5-7-22(20)17-19/h4-8,10,12-15,17-18H,2-3,16H2,1H3. The Hall–Kier alpha value is -3.71. The molecule has 0 aliphatic carbocycles. The molecular weight excluding hydrogens is 409 g/mol. The summed E-state index contributed by atoms with van der Waals surface area (Å²) in [5, 5.41) is 2.10. The number of unbranched alkanes of at least 4 members (excludes halogenated alkanes) is 1. The van der Waals surface area contributed by atoms with Gasteiger partial charge in [-0.1, -0.05) is 61.6 Å². The highest BCUT2D eigenvalue weighted by Gasteiger charge is 2.15. The molecule has 0 aliphatic heterocycles. The highest BCUT2D eigenvalue weighted by molar-refractivity contribution is 5.83. The lowest BCUT2D eigenvalue weighted by Gasteiger charge is -2.10. The van der Waals surface area contributed by atoms with Crippen LogP contribution in [0.3, 0.4) is 0 Å². The zero-order valence-corrected chi connectivity index (χ0v) is 17.6. The molecule has 0 aliphatic rings. The Morgan fingerprint density at radius 2 is 1.59 bits per heavy atom. The van der Waals surface area contributed by atoms with Gasteiger partial charge in [-0.05, 0) is 59.2 Å². The van der Waals surface area contributed by atoms with Crippen molar-refractivity contribution in [1.82, 2.24) is 0 Å². The van der Waals surface area contributed by atoms with E-state index in [9.17, 15) is 13.2 Å². The van der Waals surface area contributed by atoms with E-state index in [1.807, 2.05) is 49.4 Å². The van der Waals surface area contributed by atoms with Crippen LogP contribution >= 0.6 is 0 Å². The molecule has 4 aromatic rings. The Morgan fingerprint density at radius 3 is 2.38 bits per heavy atom.